The van der Waals surface area contributed by atoms with Gasteiger partial charge in [0.25, 0.3) is 8.80 Å². The number of alkyl halides is 6. The molecule has 3 nitrogen and oxygen atoms in total. The van der Waals surface area contributed by atoms with Crippen LogP contribution in [0.3, 0.4) is 0 Å². The molecular weight excluding hydrogens is 504 g/mol. The summed E-state index contributed by atoms with van der Waals surface area (Å²) in [5.41, 5.74) is 0. The van der Waals surface area contributed by atoms with E-state index in [9.17, 15) is 26.3 Å². The maximum absolute atomic E-state index is 12.1. The van der Waals surface area contributed by atoms with Crippen LogP contribution in [-0.4, -0.2) is 59.7 Å². The van der Waals surface area contributed by atoms with Crippen molar-refractivity contribution in [2.75, 3.05) is 39.3 Å². The van der Waals surface area contributed by atoms with Gasteiger partial charge in [-0.05, 0) is 0 Å². The molecule has 176 valence electrons. The van der Waals surface area contributed by atoms with Crippen molar-refractivity contribution < 1.29 is 52.5 Å². The summed E-state index contributed by atoms with van der Waals surface area (Å²) in [7, 11) is -4.92. The maximum atomic E-state index is 12.1. The molecule has 0 heterocycles. The summed E-state index contributed by atoms with van der Waals surface area (Å²) in [6.45, 7) is 18.1. The Morgan fingerprint density at radius 1 is 0.600 bits per heavy atom. The van der Waals surface area contributed by atoms with Gasteiger partial charge in [-0.15, -0.1) is 5.19 Å². The fourth-order valence-corrected chi connectivity index (χ4v) is 3.55. The third-order valence-electron chi connectivity index (χ3n) is 3.02. The van der Waals surface area contributed by atoms with E-state index < -0.39 is 25.6 Å². The third-order valence-corrected chi connectivity index (χ3v) is 5.38. The van der Waals surface area contributed by atoms with E-state index >= 15 is 0 Å². The Hall–Kier alpha value is -0.0900. The van der Waals surface area contributed by atoms with Crippen molar-refractivity contribution in [2.45, 2.75) is 53.1 Å². The summed E-state index contributed by atoms with van der Waals surface area (Å²) in [6, 6.07) is 4.09. The van der Waals surface area contributed by atoms with Crippen molar-refractivity contribution in [1.29, 1.82) is 0 Å². The van der Waals surface area contributed by atoms with E-state index in [2.05, 4.69) is 16.0 Å². The summed E-state index contributed by atoms with van der Waals surface area (Å²) < 4.78 is 72.7. The first-order valence-corrected chi connectivity index (χ1v) is 11.4. The Kier molecular flexibility index (Phi) is 29.3. The van der Waals surface area contributed by atoms with E-state index in [1.807, 2.05) is 41.5 Å². The van der Waals surface area contributed by atoms with Gasteiger partial charge in [-0.25, -0.2) is 12.1 Å². The Labute approximate surface area is 198 Å². The van der Waals surface area contributed by atoms with Gasteiger partial charge in [0, 0.05) is 0 Å². The average Bonchev–Trinajstić information content (AvgIpc) is 3.10. The average molecular weight is 539 g/mol. The van der Waals surface area contributed by atoms with Crippen molar-refractivity contribution in [1.82, 2.24) is 0 Å². The monoisotopic (exact) mass is 537 g/mol. The van der Waals surface area contributed by atoms with E-state index in [0.717, 1.165) is 51.4 Å². The molecule has 0 saturated heterocycles. The van der Waals surface area contributed by atoms with Crippen molar-refractivity contribution in [2.24, 2.45) is 0 Å². The Balaban J connectivity index is -0.000000176. The molecule has 0 radical (unpaired) electrons. The van der Waals surface area contributed by atoms with E-state index in [1.165, 1.54) is 12.1 Å². The summed E-state index contributed by atoms with van der Waals surface area (Å²) in [5.74, 6) is -10.3. The van der Waals surface area contributed by atoms with Gasteiger partial charge in [0.2, 0.25) is 0 Å². The van der Waals surface area contributed by atoms with Crippen LogP contribution in [0.5, 0.6) is 0 Å². The van der Waals surface area contributed by atoms with Crippen LogP contribution in [-0.2, 0) is 26.2 Å². The van der Waals surface area contributed by atoms with Gasteiger partial charge in [0.15, 0.2) is 0 Å². The summed E-state index contributed by atoms with van der Waals surface area (Å²) >= 11 is 0. The number of nitrogens with zero attached hydrogens (tertiary/aromatic N) is 3. The molecule has 11 heteroatoms. The van der Waals surface area contributed by atoms with Crippen LogP contribution >= 0.6 is 0 Å². The molecule has 0 bridgehead atoms. The number of hydrogen-bond donors (Lipinski definition) is 0. The maximum Gasteiger partial charge on any atom is 4.00 e. The molecular formula is C19H35F6N3SiZr. The minimum atomic E-state index is -5.16. The Bertz CT molecular complexity index is 395. The van der Waals surface area contributed by atoms with Crippen LogP contribution in [0.15, 0.2) is 24.3 Å². The largest absolute Gasteiger partial charge is 4.00 e. The molecule has 0 N–H and O–H groups in total. The topological polar surface area (TPSA) is 42.3 Å². The molecule has 0 saturated carbocycles. The van der Waals surface area contributed by atoms with E-state index in [1.54, 1.807) is 0 Å². The summed E-state index contributed by atoms with van der Waals surface area (Å²) in [5, 5.41) is 11.3. The quantitative estimate of drug-likeness (QED) is 0.224. The zero-order valence-electron chi connectivity index (χ0n) is 18.7. The minimum Gasteiger partial charge on any atom is -0.663 e. The summed E-state index contributed by atoms with van der Waals surface area (Å²) in [6.07, 6.45) is 0. The van der Waals surface area contributed by atoms with Crippen LogP contribution in [0.25, 0.3) is 16.0 Å². The number of halogens is 6. The number of hydrogen-bond acceptors (Lipinski definition) is 0. The molecule has 0 fully saturated rings. The van der Waals surface area contributed by atoms with E-state index in [-0.39, 0.29) is 26.2 Å². The summed E-state index contributed by atoms with van der Waals surface area (Å²) in [4.78, 5) is 0. The second-order valence-corrected chi connectivity index (χ2v) is 8.14. The molecule has 30 heavy (non-hydrogen) atoms. The molecule has 1 aromatic carbocycles. The Morgan fingerprint density at radius 2 is 0.833 bits per heavy atom. The molecule has 0 aliphatic heterocycles. The molecule has 0 atom stereocenters. The standard InChI is InChI=1S/C7H5F6Si.3C4H10N.Zr/c8-6(9,10)14(7(11,12)13)5-3-1-2-4-5;3*1-3-5-4-2;/h1-4,14H;3*3-4H2,1-2H3;/q4*-1;+4. The second-order valence-electron chi connectivity index (χ2n) is 5.30. The molecule has 0 amide bonds. The molecule has 1 rings (SSSR count). The molecule has 0 aliphatic carbocycles. The first-order valence-electron chi connectivity index (χ1n) is 9.72. The smallest absolute Gasteiger partial charge is 0.663 e. The van der Waals surface area contributed by atoms with Gasteiger partial charge in [-0.1, -0.05) is 41.5 Å². The van der Waals surface area contributed by atoms with E-state index in [0.29, 0.717) is 0 Å². The minimum absolute atomic E-state index is 0. The van der Waals surface area contributed by atoms with Gasteiger partial charge in [-0.2, -0.15) is 77.7 Å². The van der Waals surface area contributed by atoms with Crippen molar-refractivity contribution in [3.63, 3.8) is 0 Å². The van der Waals surface area contributed by atoms with Crippen LogP contribution in [0.1, 0.15) is 41.5 Å². The van der Waals surface area contributed by atoms with Crippen molar-refractivity contribution >= 4 is 14.0 Å². The molecule has 0 unspecified atom stereocenters. The second kappa shape index (κ2) is 23.6. The van der Waals surface area contributed by atoms with Gasteiger partial charge < -0.3 is 16.0 Å². The van der Waals surface area contributed by atoms with Crippen molar-refractivity contribution in [3.05, 3.63) is 40.2 Å². The van der Waals surface area contributed by atoms with E-state index in [4.69, 9.17) is 0 Å². The molecule has 1 aromatic rings. The first-order chi connectivity index (χ1) is 13.5. The number of rotatable bonds is 7. The predicted molar refractivity (Wildman–Crippen MR) is 114 cm³/mol. The first kappa shape index (κ1) is 37.2. The zero-order valence-corrected chi connectivity index (χ0v) is 22.4. The van der Waals surface area contributed by atoms with Crippen LogP contribution in [0.2, 0.25) is 0 Å². The zero-order chi connectivity index (χ0) is 23.3. The fraction of sp³-hybridized carbons (Fsp3) is 0.737. The van der Waals surface area contributed by atoms with Gasteiger partial charge in [0.05, 0.1) is 0 Å². The normalized spacial score (nSPS) is 10.6. The van der Waals surface area contributed by atoms with Crippen LogP contribution in [0.4, 0.5) is 26.3 Å². The Morgan fingerprint density at radius 3 is 0.967 bits per heavy atom. The SMILES string of the molecule is CC[N-]CC.CC[N-]CC.CC[N-]CC.FC(F)(F)[SiH]([c-]1cccc1)C(F)(F)F.[Zr+4]. The molecule has 0 spiro atoms. The third kappa shape index (κ3) is 24.2. The van der Waals surface area contributed by atoms with Crippen molar-refractivity contribution in [3.8, 4) is 0 Å². The van der Waals surface area contributed by atoms with Gasteiger partial charge in [0.1, 0.15) is 0 Å². The predicted octanol–water partition coefficient (Wildman–Crippen LogP) is 6.24. The van der Waals surface area contributed by atoms with Gasteiger partial charge >= 0.3 is 37.8 Å². The molecule has 0 aliphatic rings. The van der Waals surface area contributed by atoms with Gasteiger partial charge in [-0.3, -0.25) is 0 Å². The van der Waals surface area contributed by atoms with Crippen LogP contribution < -0.4 is 5.19 Å². The van der Waals surface area contributed by atoms with Crippen LogP contribution in [0, 0.1) is 0 Å². The fourth-order valence-electron chi connectivity index (χ4n) is 1.82. The molecule has 0 aromatic heterocycles.